The van der Waals surface area contributed by atoms with Gasteiger partial charge in [-0.05, 0) is 30.7 Å². The van der Waals surface area contributed by atoms with Gasteiger partial charge in [-0.15, -0.1) is 0 Å². The van der Waals surface area contributed by atoms with Crippen LogP contribution >= 0.6 is 0 Å². The zero-order valence-corrected chi connectivity index (χ0v) is 15.9. The van der Waals surface area contributed by atoms with E-state index < -0.39 is 5.97 Å². The van der Waals surface area contributed by atoms with Crippen LogP contribution in [0, 0.1) is 11.8 Å². The van der Waals surface area contributed by atoms with E-state index >= 15 is 0 Å². The summed E-state index contributed by atoms with van der Waals surface area (Å²) in [5.74, 6) is 0.406. The van der Waals surface area contributed by atoms with Crippen molar-refractivity contribution >= 4 is 22.9 Å². The molecule has 7 nitrogen and oxygen atoms in total. The Morgan fingerprint density at radius 3 is 2.93 bits per heavy atom. The molecule has 1 aliphatic rings. The van der Waals surface area contributed by atoms with Crippen LogP contribution in [0.25, 0.3) is 11.0 Å². The van der Waals surface area contributed by atoms with Crippen LogP contribution in [-0.4, -0.2) is 49.9 Å². The first-order valence-corrected chi connectivity index (χ1v) is 9.85. The number of nitrogens with zero attached hydrogens (tertiary/aromatic N) is 3. The molecule has 0 aromatic carbocycles. The molecular formula is C20H28N4O3. The van der Waals surface area contributed by atoms with Crippen molar-refractivity contribution in [2.45, 2.75) is 51.9 Å². The molecule has 2 atom stereocenters. The zero-order chi connectivity index (χ0) is 19.2. The number of H-pyrrole nitrogens is 1. The summed E-state index contributed by atoms with van der Waals surface area (Å²) >= 11 is 0. The number of carboxylic acid groups (broad SMARTS) is 1. The summed E-state index contributed by atoms with van der Waals surface area (Å²) in [6.45, 7) is 3.39. The molecule has 2 N–H and O–H groups in total. The third-order valence-corrected chi connectivity index (χ3v) is 5.46. The highest BCUT2D eigenvalue weighted by Crippen LogP contribution is 2.30. The van der Waals surface area contributed by atoms with Crippen molar-refractivity contribution in [3.8, 4) is 0 Å². The van der Waals surface area contributed by atoms with E-state index in [1.54, 1.807) is 12.4 Å². The molecule has 27 heavy (non-hydrogen) atoms. The Bertz CT molecular complexity index is 755. The number of aromatic amines is 1. The second kappa shape index (κ2) is 8.97. The van der Waals surface area contributed by atoms with E-state index in [1.807, 2.05) is 11.0 Å². The number of amides is 1. The molecule has 3 rings (SSSR count). The van der Waals surface area contributed by atoms with Gasteiger partial charge in [0.2, 0.25) is 5.91 Å². The fourth-order valence-electron chi connectivity index (χ4n) is 3.97. The van der Waals surface area contributed by atoms with Crippen LogP contribution < -0.4 is 0 Å². The Morgan fingerprint density at radius 2 is 2.19 bits per heavy atom. The molecule has 1 amide bonds. The number of carbonyl (C=O) groups is 2. The lowest BCUT2D eigenvalue weighted by molar-refractivity contribution is -0.140. The van der Waals surface area contributed by atoms with Crippen molar-refractivity contribution in [1.82, 2.24) is 19.9 Å². The van der Waals surface area contributed by atoms with Crippen molar-refractivity contribution < 1.29 is 14.7 Å². The number of likely N-dealkylation sites (tertiary alicyclic amines) is 1. The number of aliphatic carboxylic acids is 1. The minimum Gasteiger partial charge on any atom is -0.481 e. The molecule has 2 aromatic heterocycles. The number of unbranched alkanes of at least 4 members (excludes halogenated alkanes) is 2. The van der Waals surface area contributed by atoms with Crippen LogP contribution in [0.5, 0.6) is 0 Å². The minimum absolute atomic E-state index is 0.0635. The second-order valence-corrected chi connectivity index (χ2v) is 7.48. The SMILES string of the molecule is CCCCCC(=O)N1CC[C@@H](CC(=O)O)[C@@H](Cc2nc3ccncc3[nH]2)C1. The van der Waals surface area contributed by atoms with E-state index in [1.165, 1.54) is 0 Å². The Labute approximate surface area is 159 Å². The van der Waals surface area contributed by atoms with Crippen LogP contribution in [0.3, 0.4) is 0 Å². The van der Waals surface area contributed by atoms with E-state index in [2.05, 4.69) is 21.9 Å². The van der Waals surface area contributed by atoms with Crippen molar-refractivity contribution in [2.24, 2.45) is 11.8 Å². The molecule has 3 heterocycles. The molecule has 0 bridgehead atoms. The predicted octanol–water partition coefficient (Wildman–Crippen LogP) is 3.02. The molecule has 146 valence electrons. The van der Waals surface area contributed by atoms with Crippen molar-refractivity contribution in [3.05, 3.63) is 24.3 Å². The van der Waals surface area contributed by atoms with Gasteiger partial charge in [0.05, 0.1) is 17.2 Å². The largest absolute Gasteiger partial charge is 0.481 e. The smallest absolute Gasteiger partial charge is 0.303 e. The average Bonchev–Trinajstić information content (AvgIpc) is 3.05. The number of imidazole rings is 1. The van der Waals surface area contributed by atoms with Gasteiger partial charge in [-0.3, -0.25) is 14.6 Å². The molecule has 0 radical (unpaired) electrons. The summed E-state index contributed by atoms with van der Waals surface area (Å²) in [4.78, 5) is 37.7. The molecule has 1 aliphatic heterocycles. The molecule has 7 heteroatoms. The van der Waals surface area contributed by atoms with E-state index in [-0.39, 0.29) is 24.2 Å². The Morgan fingerprint density at radius 1 is 1.33 bits per heavy atom. The van der Waals surface area contributed by atoms with Gasteiger partial charge in [-0.25, -0.2) is 4.98 Å². The normalized spacial score (nSPS) is 20.1. The number of aromatic nitrogens is 3. The summed E-state index contributed by atoms with van der Waals surface area (Å²) in [5.41, 5.74) is 1.74. The summed E-state index contributed by atoms with van der Waals surface area (Å²) in [6, 6.07) is 1.86. The first kappa shape index (κ1) is 19.3. The number of hydrogen-bond acceptors (Lipinski definition) is 4. The van der Waals surface area contributed by atoms with Gasteiger partial charge in [0.1, 0.15) is 5.82 Å². The van der Waals surface area contributed by atoms with Gasteiger partial charge in [-0.2, -0.15) is 0 Å². The Kier molecular flexibility index (Phi) is 6.42. The fourth-order valence-corrected chi connectivity index (χ4v) is 3.97. The third kappa shape index (κ3) is 5.05. The number of nitrogens with one attached hydrogen (secondary N) is 1. The van der Waals surface area contributed by atoms with Gasteiger partial charge in [0.25, 0.3) is 0 Å². The average molecular weight is 372 g/mol. The molecule has 0 aliphatic carbocycles. The lowest BCUT2D eigenvalue weighted by Gasteiger charge is -2.38. The predicted molar refractivity (Wildman–Crippen MR) is 102 cm³/mol. The maximum absolute atomic E-state index is 12.5. The summed E-state index contributed by atoms with van der Waals surface area (Å²) in [7, 11) is 0. The Balaban J connectivity index is 1.70. The number of hydrogen-bond donors (Lipinski definition) is 2. The summed E-state index contributed by atoms with van der Waals surface area (Å²) in [5, 5.41) is 9.27. The molecule has 0 spiro atoms. The maximum atomic E-state index is 12.5. The van der Waals surface area contributed by atoms with E-state index in [4.69, 9.17) is 0 Å². The highest BCUT2D eigenvalue weighted by Gasteiger charge is 2.33. The molecule has 2 aromatic rings. The maximum Gasteiger partial charge on any atom is 0.303 e. The van der Waals surface area contributed by atoms with Crippen molar-refractivity contribution in [1.29, 1.82) is 0 Å². The zero-order valence-electron chi connectivity index (χ0n) is 15.9. The molecule has 1 saturated heterocycles. The van der Waals surface area contributed by atoms with Crippen molar-refractivity contribution in [3.63, 3.8) is 0 Å². The number of fused-ring (bicyclic) bond motifs is 1. The van der Waals surface area contributed by atoms with Gasteiger partial charge in [-0.1, -0.05) is 19.8 Å². The van der Waals surface area contributed by atoms with Crippen LogP contribution in [0.2, 0.25) is 0 Å². The lowest BCUT2D eigenvalue weighted by atomic mass is 9.81. The van der Waals surface area contributed by atoms with Crippen molar-refractivity contribution in [2.75, 3.05) is 13.1 Å². The second-order valence-electron chi connectivity index (χ2n) is 7.48. The topological polar surface area (TPSA) is 99.2 Å². The van der Waals surface area contributed by atoms with E-state index in [0.717, 1.165) is 42.5 Å². The number of rotatable bonds is 8. The number of carboxylic acids is 1. The summed E-state index contributed by atoms with van der Waals surface area (Å²) < 4.78 is 0. The van der Waals surface area contributed by atoms with Gasteiger partial charge in [0, 0.05) is 38.5 Å². The minimum atomic E-state index is -0.776. The van der Waals surface area contributed by atoms with Gasteiger partial charge >= 0.3 is 5.97 Å². The van der Waals surface area contributed by atoms with Crippen LogP contribution in [0.1, 0.15) is 51.3 Å². The van der Waals surface area contributed by atoms with Crippen LogP contribution in [0.4, 0.5) is 0 Å². The lowest BCUT2D eigenvalue weighted by Crippen LogP contribution is -2.45. The number of carbonyl (C=O) groups excluding carboxylic acids is 1. The highest BCUT2D eigenvalue weighted by molar-refractivity contribution is 5.76. The van der Waals surface area contributed by atoms with Crippen LogP contribution in [-0.2, 0) is 16.0 Å². The first-order valence-electron chi connectivity index (χ1n) is 9.85. The highest BCUT2D eigenvalue weighted by atomic mass is 16.4. The molecule has 0 unspecified atom stereocenters. The number of piperidine rings is 1. The fraction of sp³-hybridized carbons (Fsp3) is 0.600. The standard InChI is InChI=1S/C20H28N4O3/c1-2-3-4-5-19(25)24-9-7-14(11-20(26)27)15(13-24)10-18-22-16-6-8-21-12-17(16)23-18/h6,8,12,14-15H,2-5,7,9-11,13H2,1H3,(H,22,23)(H,26,27)/t14-,15-/m0/s1. The third-order valence-electron chi connectivity index (χ3n) is 5.46. The molecule has 0 saturated carbocycles. The monoisotopic (exact) mass is 372 g/mol. The van der Waals surface area contributed by atoms with E-state index in [0.29, 0.717) is 25.9 Å². The van der Waals surface area contributed by atoms with E-state index in [9.17, 15) is 14.7 Å². The first-order chi connectivity index (χ1) is 13.1. The van der Waals surface area contributed by atoms with Crippen LogP contribution in [0.15, 0.2) is 18.5 Å². The van der Waals surface area contributed by atoms with Gasteiger partial charge in [0.15, 0.2) is 0 Å². The Hall–Kier alpha value is -2.44. The number of pyridine rings is 1. The quantitative estimate of drug-likeness (QED) is 0.694. The van der Waals surface area contributed by atoms with Gasteiger partial charge < -0.3 is 15.0 Å². The summed E-state index contributed by atoms with van der Waals surface area (Å²) in [6.07, 6.45) is 8.64. The molecular weight excluding hydrogens is 344 g/mol. The molecule has 1 fully saturated rings.